The summed E-state index contributed by atoms with van der Waals surface area (Å²) in [6.07, 6.45) is 0. The number of carboxylic acids is 1. The molecule has 1 aromatic rings. The molecule has 0 saturated carbocycles. The zero-order valence-electron chi connectivity index (χ0n) is 11.8. The molecule has 0 radical (unpaired) electrons. The molecule has 0 bridgehead atoms. The summed E-state index contributed by atoms with van der Waals surface area (Å²) in [5.41, 5.74) is 2.06. The lowest BCUT2D eigenvalue weighted by molar-refractivity contribution is -0.154. The molecule has 1 heterocycles. The van der Waals surface area contributed by atoms with Crippen LogP contribution in [0.25, 0.3) is 0 Å². The minimum atomic E-state index is -0.985. The van der Waals surface area contributed by atoms with Crippen molar-refractivity contribution < 1.29 is 14.6 Å². The maximum Gasteiger partial charge on any atom is 0.328 e. The molecule has 1 aliphatic heterocycles. The van der Waals surface area contributed by atoms with Crippen molar-refractivity contribution >= 4 is 5.97 Å². The van der Waals surface area contributed by atoms with Crippen LogP contribution in [0, 0.1) is 13.8 Å². The summed E-state index contributed by atoms with van der Waals surface area (Å²) in [7, 11) is 0. The number of nitrogens with zero attached hydrogens (tertiary/aromatic N) is 1. The molecule has 1 saturated heterocycles. The van der Waals surface area contributed by atoms with E-state index in [9.17, 15) is 9.90 Å². The van der Waals surface area contributed by atoms with Crippen LogP contribution in [-0.2, 0) is 15.1 Å². The summed E-state index contributed by atoms with van der Waals surface area (Å²) in [6.45, 7) is 8.26. The van der Waals surface area contributed by atoms with E-state index in [0.29, 0.717) is 26.3 Å². The number of carboxylic acid groups (broad SMARTS) is 1. The molecule has 1 unspecified atom stereocenters. The van der Waals surface area contributed by atoms with E-state index >= 15 is 0 Å². The molecule has 0 aliphatic carbocycles. The number of ether oxygens (including phenoxy) is 1. The second-order valence-corrected chi connectivity index (χ2v) is 5.30. The van der Waals surface area contributed by atoms with Gasteiger partial charge in [-0.1, -0.05) is 23.8 Å². The molecule has 1 N–H and O–H groups in total. The number of hydrogen-bond donors (Lipinski definition) is 1. The average Bonchev–Trinajstić information content (AvgIpc) is 2.38. The third-order valence-corrected chi connectivity index (χ3v) is 3.97. The summed E-state index contributed by atoms with van der Waals surface area (Å²) >= 11 is 0. The van der Waals surface area contributed by atoms with Gasteiger partial charge >= 0.3 is 5.97 Å². The Morgan fingerprint density at radius 3 is 2.47 bits per heavy atom. The first-order chi connectivity index (χ1) is 8.96. The minimum Gasteiger partial charge on any atom is -0.480 e. The average molecular weight is 263 g/mol. The maximum atomic E-state index is 11.9. The molecule has 19 heavy (non-hydrogen) atoms. The molecule has 1 atom stereocenters. The van der Waals surface area contributed by atoms with Gasteiger partial charge in [0, 0.05) is 13.1 Å². The van der Waals surface area contributed by atoms with E-state index in [1.54, 1.807) is 6.92 Å². The highest BCUT2D eigenvalue weighted by atomic mass is 16.5. The zero-order valence-corrected chi connectivity index (χ0v) is 11.8. The van der Waals surface area contributed by atoms with Crippen LogP contribution in [0.4, 0.5) is 0 Å². The molecule has 1 aromatic carbocycles. The Balaban J connectivity index is 2.46. The zero-order chi connectivity index (χ0) is 14.0. The van der Waals surface area contributed by atoms with E-state index < -0.39 is 11.5 Å². The standard InChI is InChI=1S/C15H21NO3/c1-11-4-5-13(12(2)10-11)15(3,14(17)18)16-6-8-19-9-7-16/h4-5,10H,6-9H2,1-3H3,(H,17,18). The fourth-order valence-corrected chi connectivity index (χ4v) is 2.79. The topological polar surface area (TPSA) is 49.8 Å². The van der Waals surface area contributed by atoms with Crippen molar-refractivity contribution in [2.45, 2.75) is 26.3 Å². The molecule has 0 spiro atoms. The van der Waals surface area contributed by atoms with Gasteiger partial charge in [0.05, 0.1) is 13.2 Å². The van der Waals surface area contributed by atoms with Crippen LogP contribution in [0.1, 0.15) is 23.6 Å². The summed E-state index contributed by atoms with van der Waals surface area (Å²) in [5.74, 6) is -0.804. The van der Waals surface area contributed by atoms with Crippen LogP contribution in [0.15, 0.2) is 18.2 Å². The predicted octanol–water partition coefficient (Wildman–Crippen LogP) is 1.94. The molecule has 2 rings (SSSR count). The van der Waals surface area contributed by atoms with E-state index in [0.717, 1.165) is 16.7 Å². The molecule has 1 fully saturated rings. The van der Waals surface area contributed by atoms with Gasteiger partial charge in [0.25, 0.3) is 0 Å². The highest BCUT2D eigenvalue weighted by molar-refractivity contribution is 5.81. The lowest BCUT2D eigenvalue weighted by Gasteiger charge is -2.41. The summed E-state index contributed by atoms with van der Waals surface area (Å²) in [6, 6.07) is 5.95. The van der Waals surface area contributed by atoms with Crippen LogP contribution in [-0.4, -0.2) is 42.3 Å². The quantitative estimate of drug-likeness (QED) is 0.905. The molecule has 104 valence electrons. The summed E-state index contributed by atoms with van der Waals surface area (Å²) < 4.78 is 5.33. The van der Waals surface area contributed by atoms with Gasteiger partial charge in [-0.25, -0.2) is 4.79 Å². The Morgan fingerprint density at radius 1 is 1.32 bits per heavy atom. The van der Waals surface area contributed by atoms with Gasteiger partial charge in [-0.2, -0.15) is 0 Å². The first kappa shape index (κ1) is 14.0. The van der Waals surface area contributed by atoms with Crippen molar-refractivity contribution in [1.29, 1.82) is 0 Å². The largest absolute Gasteiger partial charge is 0.480 e. The molecule has 1 aliphatic rings. The van der Waals surface area contributed by atoms with Crippen LogP contribution >= 0.6 is 0 Å². The molecule has 4 heteroatoms. The molecule has 4 nitrogen and oxygen atoms in total. The van der Waals surface area contributed by atoms with Gasteiger partial charge < -0.3 is 9.84 Å². The summed E-state index contributed by atoms with van der Waals surface area (Å²) in [4.78, 5) is 13.9. The Kier molecular flexibility index (Phi) is 3.92. The van der Waals surface area contributed by atoms with Gasteiger partial charge in [0.2, 0.25) is 0 Å². The number of carbonyl (C=O) groups is 1. The number of hydrogen-bond acceptors (Lipinski definition) is 3. The Bertz CT molecular complexity index is 480. The first-order valence-electron chi connectivity index (χ1n) is 6.60. The Labute approximate surface area is 114 Å². The van der Waals surface area contributed by atoms with Gasteiger partial charge in [-0.15, -0.1) is 0 Å². The third kappa shape index (κ3) is 2.51. The van der Waals surface area contributed by atoms with Crippen molar-refractivity contribution in [2.75, 3.05) is 26.3 Å². The third-order valence-electron chi connectivity index (χ3n) is 3.97. The van der Waals surface area contributed by atoms with E-state index in [2.05, 4.69) is 0 Å². The number of aliphatic carboxylic acids is 1. The van der Waals surface area contributed by atoms with Crippen LogP contribution < -0.4 is 0 Å². The van der Waals surface area contributed by atoms with E-state index in [4.69, 9.17) is 4.74 Å². The molecule has 0 aromatic heterocycles. The second kappa shape index (κ2) is 5.31. The second-order valence-electron chi connectivity index (χ2n) is 5.30. The lowest BCUT2D eigenvalue weighted by Crippen LogP contribution is -2.54. The normalized spacial score (nSPS) is 19.9. The number of benzene rings is 1. The van der Waals surface area contributed by atoms with Crippen molar-refractivity contribution in [3.05, 3.63) is 34.9 Å². The number of aryl methyl sites for hydroxylation is 2. The minimum absolute atomic E-state index is 0.591. The van der Waals surface area contributed by atoms with Gasteiger partial charge in [-0.05, 0) is 31.9 Å². The van der Waals surface area contributed by atoms with Gasteiger partial charge in [0.1, 0.15) is 5.54 Å². The monoisotopic (exact) mass is 263 g/mol. The van der Waals surface area contributed by atoms with E-state index in [1.165, 1.54) is 0 Å². The SMILES string of the molecule is Cc1ccc(C(C)(C(=O)O)N2CCOCC2)c(C)c1. The van der Waals surface area contributed by atoms with Crippen molar-refractivity contribution in [1.82, 2.24) is 4.90 Å². The molecular weight excluding hydrogens is 242 g/mol. The van der Waals surface area contributed by atoms with E-state index in [1.807, 2.05) is 36.9 Å². The molecule has 0 amide bonds. The highest BCUT2D eigenvalue weighted by Crippen LogP contribution is 2.32. The number of morpholine rings is 1. The molecular formula is C15H21NO3. The van der Waals surface area contributed by atoms with Crippen LogP contribution in [0.2, 0.25) is 0 Å². The maximum absolute atomic E-state index is 11.9. The van der Waals surface area contributed by atoms with Gasteiger partial charge in [-0.3, -0.25) is 4.90 Å². The fraction of sp³-hybridized carbons (Fsp3) is 0.533. The van der Waals surface area contributed by atoms with Crippen molar-refractivity contribution in [2.24, 2.45) is 0 Å². The van der Waals surface area contributed by atoms with E-state index in [-0.39, 0.29) is 0 Å². The van der Waals surface area contributed by atoms with Gasteiger partial charge in [0.15, 0.2) is 0 Å². The number of rotatable bonds is 3. The smallest absolute Gasteiger partial charge is 0.328 e. The Hall–Kier alpha value is -1.39. The van der Waals surface area contributed by atoms with Crippen molar-refractivity contribution in [3.8, 4) is 0 Å². The van der Waals surface area contributed by atoms with Crippen LogP contribution in [0.3, 0.4) is 0 Å². The van der Waals surface area contributed by atoms with Crippen LogP contribution in [0.5, 0.6) is 0 Å². The van der Waals surface area contributed by atoms with Crippen molar-refractivity contribution in [3.63, 3.8) is 0 Å². The fourth-order valence-electron chi connectivity index (χ4n) is 2.79. The first-order valence-corrected chi connectivity index (χ1v) is 6.60. The Morgan fingerprint density at radius 2 is 1.95 bits per heavy atom. The highest BCUT2D eigenvalue weighted by Gasteiger charge is 2.42. The predicted molar refractivity (Wildman–Crippen MR) is 73.3 cm³/mol. The lowest BCUT2D eigenvalue weighted by atomic mass is 9.86. The summed E-state index contributed by atoms with van der Waals surface area (Å²) in [5, 5.41) is 9.75.